The van der Waals surface area contributed by atoms with Crippen molar-refractivity contribution in [1.82, 2.24) is 4.90 Å². The molecule has 3 nitrogen and oxygen atoms in total. The molecule has 19 heavy (non-hydrogen) atoms. The maximum atomic E-state index is 12.3. The number of aliphatic hydroxyl groups excluding tert-OH is 1. The molecule has 1 N–H and O–H groups in total. The third kappa shape index (κ3) is 4.30. The Bertz CT molecular complexity index is 423. The molecular formula is C13H16ClF2NO2. The van der Waals surface area contributed by atoms with E-state index in [0.29, 0.717) is 30.0 Å². The van der Waals surface area contributed by atoms with Crippen molar-refractivity contribution in [2.75, 3.05) is 13.1 Å². The minimum atomic E-state index is -2.84. The second kappa shape index (κ2) is 6.50. The summed E-state index contributed by atoms with van der Waals surface area (Å²) in [5.41, 5.74) is 0.643. The Hall–Kier alpha value is -0.910. The molecule has 0 radical (unpaired) electrons. The minimum absolute atomic E-state index is 0.158. The number of likely N-dealkylation sites (tertiary alicyclic amines) is 1. The summed E-state index contributed by atoms with van der Waals surface area (Å²) in [5, 5.41) is 9.93. The number of hydrogen-bond acceptors (Lipinski definition) is 3. The topological polar surface area (TPSA) is 32.7 Å². The summed E-state index contributed by atoms with van der Waals surface area (Å²) in [5.74, 6) is 0.158. The average Bonchev–Trinajstić information content (AvgIpc) is 2.35. The lowest BCUT2D eigenvalue weighted by atomic mass is 10.1. The van der Waals surface area contributed by atoms with Crippen molar-refractivity contribution in [3.05, 3.63) is 28.8 Å². The minimum Gasteiger partial charge on any atom is -0.434 e. The number of rotatable bonds is 4. The number of aliphatic hydroxyl groups is 1. The number of hydrogen-bond donors (Lipinski definition) is 1. The summed E-state index contributed by atoms with van der Waals surface area (Å²) >= 11 is 5.89. The van der Waals surface area contributed by atoms with Gasteiger partial charge in [-0.3, -0.25) is 4.90 Å². The van der Waals surface area contributed by atoms with Crippen molar-refractivity contribution in [2.45, 2.75) is 32.1 Å². The maximum Gasteiger partial charge on any atom is 0.387 e. The molecule has 1 aliphatic heterocycles. The second-order valence-electron chi connectivity index (χ2n) is 4.64. The van der Waals surface area contributed by atoms with Gasteiger partial charge in [0.25, 0.3) is 0 Å². The SMILES string of the molecule is OC1CCN(Cc2cc(Cl)ccc2OC(F)F)CC1. The van der Waals surface area contributed by atoms with E-state index < -0.39 is 6.61 Å². The van der Waals surface area contributed by atoms with Crippen molar-refractivity contribution < 1.29 is 18.6 Å². The molecule has 0 aromatic heterocycles. The Labute approximate surface area is 115 Å². The molecule has 1 heterocycles. The molecule has 106 valence electrons. The highest BCUT2D eigenvalue weighted by molar-refractivity contribution is 6.30. The first-order valence-electron chi connectivity index (χ1n) is 6.18. The molecule has 0 amide bonds. The number of ether oxygens (including phenoxy) is 1. The van der Waals surface area contributed by atoms with Gasteiger partial charge >= 0.3 is 6.61 Å². The van der Waals surface area contributed by atoms with Crippen LogP contribution in [0.4, 0.5) is 8.78 Å². The van der Waals surface area contributed by atoms with Gasteiger partial charge in [0.1, 0.15) is 5.75 Å². The van der Waals surface area contributed by atoms with E-state index in [1.54, 1.807) is 6.07 Å². The normalized spacial score (nSPS) is 17.9. The molecule has 0 atom stereocenters. The van der Waals surface area contributed by atoms with Crippen LogP contribution >= 0.6 is 11.6 Å². The molecule has 1 fully saturated rings. The van der Waals surface area contributed by atoms with Gasteiger partial charge in [-0.15, -0.1) is 0 Å². The Kier molecular flexibility index (Phi) is 4.96. The third-order valence-corrected chi connectivity index (χ3v) is 3.42. The van der Waals surface area contributed by atoms with Crippen molar-refractivity contribution in [2.24, 2.45) is 0 Å². The molecule has 1 aliphatic rings. The molecule has 0 bridgehead atoms. The van der Waals surface area contributed by atoms with E-state index in [2.05, 4.69) is 9.64 Å². The van der Waals surface area contributed by atoms with Crippen LogP contribution in [0.1, 0.15) is 18.4 Å². The highest BCUT2D eigenvalue weighted by Gasteiger charge is 2.19. The van der Waals surface area contributed by atoms with Gasteiger partial charge in [-0.05, 0) is 31.0 Å². The van der Waals surface area contributed by atoms with Crippen LogP contribution < -0.4 is 4.74 Å². The van der Waals surface area contributed by atoms with Gasteiger partial charge in [0, 0.05) is 30.2 Å². The zero-order chi connectivity index (χ0) is 13.8. The molecule has 6 heteroatoms. The van der Waals surface area contributed by atoms with Crippen molar-refractivity contribution in [3.63, 3.8) is 0 Å². The summed E-state index contributed by atoms with van der Waals surface area (Å²) in [6.45, 7) is -0.873. The number of alkyl halides is 2. The van der Waals surface area contributed by atoms with Crippen LogP contribution in [0.15, 0.2) is 18.2 Å². The highest BCUT2D eigenvalue weighted by Crippen LogP contribution is 2.26. The van der Waals surface area contributed by atoms with Crippen LogP contribution in [-0.4, -0.2) is 35.8 Å². The largest absolute Gasteiger partial charge is 0.434 e. The first kappa shape index (κ1) is 14.5. The fourth-order valence-electron chi connectivity index (χ4n) is 2.20. The van der Waals surface area contributed by atoms with Gasteiger partial charge < -0.3 is 9.84 Å². The predicted molar refractivity (Wildman–Crippen MR) is 68.6 cm³/mol. The monoisotopic (exact) mass is 291 g/mol. The molecule has 1 aromatic rings. The first-order chi connectivity index (χ1) is 9.04. The molecule has 1 saturated heterocycles. The summed E-state index contributed by atoms with van der Waals surface area (Å²) < 4.78 is 29.2. The molecule has 0 spiro atoms. The Morgan fingerprint density at radius 2 is 2.05 bits per heavy atom. The summed E-state index contributed by atoms with van der Waals surface area (Å²) in [4.78, 5) is 2.09. The van der Waals surface area contributed by atoms with Crippen molar-refractivity contribution in [1.29, 1.82) is 0 Å². The van der Waals surface area contributed by atoms with Crippen LogP contribution in [-0.2, 0) is 6.54 Å². The third-order valence-electron chi connectivity index (χ3n) is 3.19. The summed E-state index contributed by atoms with van der Waals surface area (Å²) in [7, 11) is 0. The van der Waals surface area contributed by atoms with Crippen LogP contribution in [0.3, 0.4) is 0 Å². The summed E-state index contributed by atoms with van der Waals surface area (Å²) in [6, 6.07) is 4.63. The lowest BCUT2D eigenvalue weighted by Crippen LogP contribution is -2.35. The smallest absolute Gasteiger partial charge is 0.387 e. The number of halogens is 3. The Morgan fingerprint density at radius 1 is 1.37 bits per heavy atom. The van der Waals surface area contributed by atoms with Gasteiger partial charge in [0.05, 0.1) is 6.10 Å². The van der Waals surface area contributed by atoms with Crippen LogP contribution in [0, 0.1) is 0 Å². The van der Waals surface area contributed by atoms with Gasteiger partial charge in [-0.1, -0.05) is 11.6 Å². The van der Waals surface area contributed by atoms with Gasteiger partial charge in [0.15, 0.2) is 0 Å². The maximum absolute atomic E-state index is 12.3. The van der Waals surface area contributed by atoms with E-state index in [9.17, 15) is 13.9 Å². The number of benzene rings is 1. The van der Waals surface area contributed by atoms with E-state index in [1.807, 2.05) is 0 Å². The van der Waals surface area contributed by atoms with Gasteiger partial charge in [-0.25, -0.2) is 0 Å². The van der Waals surface area contributed by atoms with E-state index in [-0.39, 0.29) is 11.9 Å². The second-order valence-corrected chi connectivity index (χ2v) is 5.07. The molecule has 0 saturated carbocycles. The number of piperidine rings is 1. The van der Waals surface area contributed by atoms with Crippen molar-refractivity contribution >= 4 is 11.6 Å². The zero-order valence-electron chi connectivity index (χ0n) is 10.4. The fraction of sp³-hybridized carbons (Fsp3) is 0.538. The predicted octanol–water partition coefficient (Wildman–Crippen LogP) is 2.90. The fourth-order valence-corrected chi connectivity index (χ4v) is 2.40. The van der Waals surface area contributed by atoms with Crippen LogP contribution in [0.2, 0.25) is 5.02 Å². The first-order valence-corrected chi connectivity index (χ1v) is 6.56. The Morgan fingerprint density at radius 3 is 2.68 bits per heavy atom. The lowest BCUT2D eigenvalue weighted by Gasteiger charge is -2.29. The lowest BCUT2D eigenvalue weighted by molar-refractivity contribution is -0.0508. The van der Waals surface area contributed by atoms with E-state index in [1.165, 1.54) is 12.1 Å². The molecule has 1 aromatic carbocycles. The molecular weight excluding hydrogens is 276 g/mol. The number of nitrogens with zero attached hydrogens (tertiary/aromatic N) is 1. The zero-order valence-corrected chi connectivity index (χ0v) is 11.1. The Balaban J connectivity index is 2.07. The standard InChI is InChI=1S/C13H16ClF2NO2/c14-10-1-2-12(19-13(15)16)9(7-10)8-17-5-3-11(18)4-6-17/h1-2,7,11,13,18H,3-6,8H2. The van der Waals surface area contributed by atoms with Crippen LogP contribution in [0.5, 0.6) is 5.75 Å². The van der Waals surface area contributed by atoms with E-state index in [0.717, 1.165) is 13.1 Å². The van der Waals surface area contributed by atoms with Crippen molar-refractivity contribution in [3.8, 4) is 5.75 Å². The molecule has 0 unspecified atom stereocenters. The molecule has 0 aliphatic carbocycles. The van der Waals surface area contributed by atoms with Gasteiger partial charge in [0.2, 0.25) is 0 Å². The summed E-state index contributed by atoms with van der Waals surface area (Å²) in [6.07, 6.45) is 1.14. The highest BCUT2D eigenvalue weighted by atomic mass is 35.5. The van der Waals surface area contributed by atoms with Crippen LogP contribution in [0.25, 0.3) is 0 Å². The quantitative estimate of drug-likeness (QED) is 0.926. The van der Waals surface area contributed by atoms with Gasteiger partial charge in [-0.2, -0.15) is 8.78 Å². The van der Waals surface area contributed by atoms with E-state index >= 15 is 0 Å². The van der Waals surface area contributed by atoms with E-state index in [4.69, 9.17) is 11.6 Å². The molecule has 2 rings (SSSR count). The average molecular weight is 292 g/mol.